The number of fused-ring (bicyclic) bond motifs is 1. The number of hydrogen-bond donors (Lipinski definition) is 0. The molecule has 0 spiro atoms. The van der Waals surface area contributed by atoms with E-state index in [1.807, 2.05) is 6.07 Å². The molecule has 2 rings (SSSR count). The van der Waals surface area contributed by atoms with Gasteiger partial charge in [0.2, 0.25) is 0 Å². The molecule has 0 saturated carbocycles. The van der Waals surface area contributed by atoms with E-state index in [1.165, 1.54) is 17.5 Å². The molecule has 0 bridgehead atoms. The van der Waals surface area contributed by atoms with Crippen LogP contribution < -0.4 is 9.47 Å². The number of nitrogens with zero attached hydrogens (tertiary/aromatic N) is 1. The van der Waals surface area contributed by atoms with E-state index in [4.69, 9.17) is 9.47 Å². The van der Waals surface area contributed by atoms with E-state index in [1.54, 1.807) is 14.2 Å². The first-order valence-corrected chi connectivity index (χ1v) is 7.21. The zero-order chi connectivity index (χ0) is 13.8. The third-order valence-electron chi connectivity index (χ3n) is 4.24. The Morgan fingerprint density at radius 3 is 2.47 bits per heavy atom. The van der Waals surface area contributed by atoms with Crippen molar-refractivity contribution in [3.8, 4) is 11.5 Å². The molecule has 1 aromatic carbocycles. The topological polar surface area (TPSA) is 21.7 Å². The van der Waals surface area contributed by atoms with Crippen molar-refractivity contribution in [2.45, 2.75) is 39.2 Å². The van der Waals surface area contributed by atoms with E-state index in [0.717, 1.165) is 37.4 Å². The van der Waals surface area contributed by atoms with Crippen LogP contribution in [0.2, 0.25) is 0 Å². The standard InChI is InChI=1S/C16H25NO2/c1-5-17(6-2)13-7-8-15-12(9-13)10-14(18-3)11-16(15)19-4/h10-11,13H,5-9H2,1-4H3/t13-/m1/s1. The normalized spacial score (nSPS) is 18.3. The molecular weight excluding hydrogens is 238 g/mol. The first-order valence-electron chi connectivity index (χ1n) is 7.21. The average molecular weight is 263 g/mol. The van der Waals surface area contributed by atoms with Gasteiger partial charge in [-0.25, -0.2) is 0 Å². The quantitative estimate of drug-likeness (QED) is 0.815. The fourth-order valence-corrected chi connectivity index (χ4v) is 3.16. The van der Waals surface area contributed by atoms with Crippen molar-refractivity contribution in [3.05, 3.63) is 23.3 Å². The number of hydrogen-bond acceptors (Lipinski definition) is 3. The maximum Gasteiger partial charge on any atom is 0.126 e. The third-order valence-corrected chi connectivity index (χ3v) is 4.24. The van der Waals surface area contributed by atoms with E-state index in [9.17, 15) is 0 Å². The summed E-state index contributed by atoms with van der Waals surface area (Å²) in [6.07, 6.45) is 3.42. The summed E-state index contributed by atoms with van der Waals surface area (Å²) in [6, 6.07) is 4.82. The molecule has 1 aliphatic rings. The number of likely N-dealkylation sites (N-methyl/N-ethyl adjacent to an activating group) is 1. The van der Waals surface area contributed by atoms with Gasteiger partial charge in [-0.1, -0.05) is 13.8 Å². The Morgan fingerprint density at radius 2 is 1.89 bits per heavy atom. The first-order chi connectivity index (χ1) is 9.23. The van der Waals surface area contributed by atoms with Crippen LogP contribution in [0.3, 0.4) is 0 Å². The number of methoxy groups -OCH3 is 2. The molecule has 0 aliphatic heterocycles. The van der Waals surface area contributed by atoms with Crippen LogP contribution >= 0.6 is 0 Å². The van der Waals surface area contributed by atoms with Gasteiger partial charge in [-0.3, -0.25) is 0 Å². The van der Waals surface area contributed by atoms with Crippen molar-refractivity contribution in [3.63, 3.8) is 0 Å². The Hall–Kier alpha value is -1.22. The molecule has 0 radical (unpaired) electrons. The fraction of sp³-hybridized carbons (Fsp3) is 0.625. The Bertz CT molecular complexity index is 427. The van der Waals surface area contributed by atoms with Crippen LogP contribution in [0, 0.1) is 0 Å². The van der Waals surface area contributed by atoms with E-state index in [0.29, 0.717) is 6.04 Å². The third kappa shape index (κ3) is 2.86. The lowest BCUT2D eigenvalue weighted by atomic mass is 9.86. The highest BCUT2D eigenvalue weighted by molar-refractivity contribution is 5.48. The predicted octanol–water partition coefficient (Wildman–Crippen LogP) is 2.90. The van der Waals surface area contributed by atoms with E-state index in [2.05, 4.69) is 24.8 Å². The molecule has 0 aromatic heterocycles. The van der Waals surface area contributed by atoms with Crippen LogP contribution in [0.5, 0.6) is 11.5 Å². The summed E-state index contributed by atoms with van der Waals surface area (Å²) in [4.78, 5) is 2.55. The van der Waals surface area contributed by atoms with Crippen LogP contribution in [0.1, 0.15) is 31.4 Å². The Morgan fingerprint density at radius 1 is 1.16 bits per heavy atom. The lowest BCUT2D eigenvalue weighted by molar-refractivity contribution is 0.197. The van der Waals surface area contributed by atoms with Gasteiger partial charge in [0, 0.05) is 12.1 Å². The molecule has 0 fully saturated rings. The number of benzene rings is 1. The van der Waals surface area contributed by atoms with Gasteiger partial charge in [0.25, 0.3) is 0 Å². The summed E-state index contributed by atoms with van der Waals surface area (Å²) in [7, 11) is 3.46. The average Bonchev–Trinajstić information content (AvgIpc) is 2.47. The fourth-order valence-electron chi connectivity index (χ4n) is 3.16. The van der Waals surface area contributed by atoms with Gasteiger partial charge in [0.15, 0.2) is 0 Å². The maximum absolute atomic E-state index is 5.51. The maximum atomic E-state index is 5.51. The van der Waals surface area contributed by atoms with Crippen LogP contribution in [-0.2, 0) is 12.8 Å². The second-order valence-electron chi connectivity index (χ2n) is 5.09. The smallest absolute Gasteiger partial charge is 0.126 e. The molecule has 1 atom stereocenters. The Kier molecular flexibility index (Phi) is 4.70. The van der Waals surface area contributed by atoms with Crippen molar-refractivity contribution >= 4 is 0 Å². The largest absolute Gasteiger partial charge is 0.497 e. The van der Waals surface area contributed by atoms with Crippen molar-refractivity contribution in [1.29, 1.82) is 0 Å². The van der Waals surface area contributed by atoms with E-state index in [-0.39, 0.29) is 0 Å². The predicted molar refractivity (Wildman–Crippen MR) is 78.3 cm³/mol. The summed E-state index contributed by atoms with van der Waals surface area (Å²) in [5.74, 6) is 1.88. The highest BCUT2D eigenvalue weighted by atomic mass is 16.5. The van der Waals surface area contributed by atoms with Gasteiger partial charge in [-0.15, -0.1) is 0 Å². The van der Waals surface area contributed by atoms with Gasteiger partial charge in [0.05, 0.1) is 14.2 Å². The van der Waals surface area contributed by atoms with Crippen LogP contribution in [0.25, 0.3) is 0 Å². The summed E-state index contributed by atoms with van der Waals surface area (Å²) in [6.45, 7) is 6.73. The van der Waals surface area contributed by atoms with Gasteiger partial charge in [-0.2, -0.15) is 0 Å². The molecule has 3 nitrogen and oxygen atoms in total. The zero-order valence-electron chi connectivity index (χ0n) is 12.5. The molecule has 19 heavy (non-hydrogen) atoms. The van der Waals surface area contributed by atoms with Gasteiger partial charge in [0.1, 0.15) is 11.5 Å². The SMILES string of the molecule is CCN(CC)[C@@H]1CCc2c(cc(OC)cc2OC)C1. The van der Waals surface area contributed by atoms with Crippen LogP contribution in [-0.4, -0.2) is 38.3 Å². The Labute approximate surface area is 116 Å². The zero-order valence-corrected chi connectivity index (χ0v) is 12.5. The van der Waals surface area contributed by atoms with Crippen LogP contribution in [0.4, 0.5) is 0 Å². The second kappa shape index (κ2) is 6.29. The van der Waals surface area contributed by atoms with Gasteiger partial charge >= 0.3 is 0 Å². The van der Waals surface area contributed by atoms with Crippen molar-refractivity contribution in [1.82, 2.24) is 4.90 Å². The summed E-state index contributed by atoms with van der Waals surface area (Å²) in [5, 5.41) is 0. The summed E-state index contributed by atoms with van der Waals surface area (Å²) >= 11 is 0. The molecule has 0 amide bonds. The number of ether oxygens (including phenoxy) is 2. The van der Waals surface area contributed by atoms with Gasteiger partial charge < -0.3 is 14.4 Å². The molecule has 0 saturated heterocycles. The number of rotatable bonds is 5. The highest BCUT2D eigenvalue weighted by Gasteiger charge is 2.25. The lowest BCUT2D eigenvalue weighted by Gasteiger charge is -2.34. The molecule has 3 heteroatoms. The minimum Gasteiger partial charge on any atom is -0.497 e. The molecule has 1 aromatic rings. The second-order valence-corrected chi connectivity index (χ2v) is 5.09. The molecule has 1 aliphatic carbocycles. The first kappa shape index (κ1) is 14.2. The van der Waals surface area contributed by atoms with E-state index >= 15 is 0 Å². The molecule has 0 N–H and O–H groups in total. The molecular formula is C16H25NO2. The monoisotopic (exact) mass is 263 g/mol. The molecule has 106 valence electrons. The molecule has 0 unspecified atom stereocenters. The minimum atomic E-state index is 0.652. The van der Waals surface area contributed by atoms with Crippen molar-refractivity contribution in [2.75, 3.05) is 27.3 Å². The minimum absolute atomic E-state index is 0.652. The van der Waals surface area contributed by atoms with E-state index < -0.39 is 0 Å². The van der Waals surface area contributed by atoms with Crippen molar-refractivity contribution < 1.29 is 9.47 Å². The Balaban J connectivity index is 2.28. The molecule has 0 heterocycles. The summed E-state index contributed by atoms with van der Waals surface area (Å²) < 4.78 is 10.9. The summed E-state index contributed by atoms with van der Waals surface area (Å²) in [5.41, 5.74) is 2.76. The van der Waals surface area contributed by atoms with Gasteiger partial charge in [-0.05, 0) is 49.5 Å². The highest BCUT2D eigenvalue weighted by Crippen LogP contribution is 2.35. The van der Waals surface area contributed by atoms with Crippen LogP contribution in [0.15, 0.2) is 12.1 Å². The lowest BCUT2D eigenvalue weighted by Crippen LogP contribution is -2.39. The van der Waals surface area contributed by atoms with Crippen molar-refractivity contribution in [2.24, 2.45) is 0 Å².